The van der Waals surface area contributed by atoms with Gasteiger partial charge in [-0.3, -0.25) is 9.36 Å². The molecule has 6 rings (SSSR count). The topological polar surface area (TPSA) is 35.6 Å². The smallest absolute Gasteiger partial charge is 0.131 e. The van der Waals surface area contributed by atoms with Gasteiger partial charge >= 0.3 is 0 Å². The fraction of sp³-hybridized carbons (Fsp3) is 0.364. The Bertz CT molecular complexity index is 1220. The molecule has 0 atom stereocenters. The molecule has 2 aliphatic carbocycles. The molecule has 2 fully saturated rings. The molecular formula is C22H20F2I2N4. The standard InChI is InChI=1S/2C11H10FIN2/c12-8-3-4-10-9(5-8)11(13)14-15(10)6-7-1-2-7;12-8-3-4-10-9(5-8)11(13)15(14-10)6-7-1-2-7/h2*3-5,7H,1-2,6H2. The number of aromatic nitrogens is 4. The van der Waals surface area contributed by atoms with E-state index in [4.69, 9.17) is 0 Å². The number of benzene rings is 2. The zero-order valence-electron chi connectivity index (χ0n) is 16.2. The average molecular weight is 632 g/mol. The van der Waals surface area contributed by atoms with E-state index in [1.165, 1.54) is 37.8 Å². The van der Waals surface area contributed by atoms with Crippen LogP contribution < -0.4 is 0 Å². The predicted molar refractivity (Wildman–Crippen MR) is 130 cm³/mol. The normalized spacial score (nSPS) is 16.1. The summed E-state index contributed by atoms with van der Waals surface area (Å²) < 4.78 is 32.1. The van der Waals surface area contributed by atoms with Crippen molar-refractivity contribution in [2.24, 2.45) is 11.8 Å². The van der Waals surface area contributed by atoms with Crippen molar-refractivity contribution in [2.75, 3.05) is 0 Å². The molecule has 0 amide bonds. The van der Waals surface area contributed by atoms with Gasteiger partial charge < -0.3 is 0 Å². The van der Waals surface area contributed by atoms with E-state index in [0.717, 1.165) is 54.1 Å². The Kier molecular flexibility index (Phi) is 5.72. The van der Waals surface area contributed by atoms with Crippen LogP contribution in [0.15, 0.2) is 36.4 Å². The second kappa shape index (κ2) is 8.33. The molecule has 0 saturated heterocycles. The van der Waals surface area contributed by atoms with Crippen molar-refractivity contribution < 1.29 is 8.78 Å². The maximum Gasteiger partial charge on any atom is 0.131 e. The van der Waals surface area contributed by atoms with Gasteiger partial charge in [-0.2, -0.15) is 10.2 Å². The van der Waals surface area contributed by atoms with Gasteiger partial charge in [-0.25, -0.2) is 8.78 Å². The zero-order chi connectivity index (χ0) is 20.8. The van der Waals surface area contributed by atoms with Gasteiger partial charge in [-0.1, -0.05) is 0 Å². The van der Waals surface area contributed by atoms with Crippen molar-refractivity contribution in [1.82, 2.24) is 19.6 Å². The molecule has 2 saturated carbocycles. The summed E-state index contributed by atoms with van der Waals surface area (Å²) in [5.74, 6) is 1.20. The molecule has 4 aromatic rings. The van der Waals surface area contributed by atoms with Crippen LogP contribution in [0, 0.1) is 30.9 Å². The van der Waals surface area contributed by atoms with Gasteiger partial charge in [0, 0.05) is 23.9 Å². The highest BCUT2D eigenvalue weighted by Gasteiger charge is 2.24. The third-order valence-corrected chi connectivity index (χ3v) is 7.49. The van der Waals surface area contributed by atoms with Gasteiger partial charge in [0.25, 0.3) is 0 Å². The van der Waals surface area contributed by atoms with Gasteiger partial charge in [0.2, 0.25) is 0 Å². The Hall–Kier alpha value is -1.30. The second-order valence-corrected chi connectivity index (χ2v) is 10.2. The quantitative estimate of drug-likeness (QED) is 0.245. The van der Waals surface area contributed by atoms with E-state index < -0.39 is 0 Å². The fourth-order valence-corrected chi connectivity index (χ4v) is 4.97. The molecule has 30 heavy (non-hydrogen) atoms. The van der Waals surface area contributed by atoms with E-state index in [1.54, 1.807) is 18.2 Å². The molecular weight excluding hydrogens is 612 g/mol. The summed E-state index contributed by atoms with van der Waals surface area (Å²) in [6.07, 6.45) is 5.22. The van der Waals surface area contributed by atoms with Crippen LogP contribution in [0.4, 0.5) is 8.78 Å². The molecule has 0 radical (unpaired) electrons. The molecule has 4 nitrogen and oxygen atoms in total. The molecule has 2 heterocycles. The van der Waals surface area contributed by atoms with Crippen LogP contribution in [0.25, 0.3) is 21.8 Å². The molecule has 0 aliphatic heterocycles. The predicted octanol–water partition coefficient (Wildman–Crippen LogP) is 6.38. The van der Waals surface area contributed by atoms with Crippen LogP contribution in [0.5, 0.6) is 0 Å². The van der Waals surface area contributed by atoms with Gasteiger partial charge in [0.05, 0.1) is 11.0 Å². The first-order chi connectivity index (χ1) is 14.5. The van der Waals surface area contributed by atoms with Crippen molar-refractivity contribution in [3.05, 3.63) is 55.4 Å². The van der Waals surface area contributed by atoms with Crippen molar-refractivity contribution in [3.8, 4) is 0 Å². The lowest BCUT2D eigenvalue weighted by atomic mass is 10.2. The SMILES string of the molecule is Fc1ccc2c(c1)c(I)nn2CC1CC1.Fc1ccc2nn(CC3CC3)c(I)c2c1. The highest BCUT2D eigenvalue weighted by molar-refractivity contribution is 14.1. The van der Waals surface area contributed by atoms with Crippen LogP contribution in [-0.4, -0.2) is 19.6 Å². The number of hydrogen-bond acceptors (Lipinski definition) is 2. The Labute approximate surface area is 200 Å². The van der Waals surface area contributed by atoms with Crippen LogP contribution in [0.2, 0.25) is 0 Å². The van der Waals surface area contributed by atoms with Crippen molar-refractivity contribution in [2.45, 2.75) is 38.8 Å². The van der Waals surface area contributed by atoms with E-state index in [-0.39, 0.29) is 11.6 Å². The van der Waals surface area contributed by atoms with Gasteiger partial charge in [0.1, 0.15) is 19.0 Å². The minimum absolute atomic E-state index is 0.189. The summed E-state index contributed by atoms with van der Waals surface area (Å²) in [6.45, 7) is 1.96. The van der Waals surface area contributed by atoms with E-state index in [0.29, 0.717) is 0 Å². The van der Waals surface area contributed by atoms with Gasteiger partial charge in [-0.15, -0.1) is 0 Å². The third-order valence-electron chi connectivity index (χ3n) is 5.56. The highest BCUT2D eigenvalue weighted by atomic mass is 127. The van der Waals surface area contributed by atoms with Crippen molar-refractivity contribution in [1.29, 1.82) is 0 Å². The molecule has 0 spiro atoms. The Morgan fingerprint density at radius 2 is 1.40 bits per heavy atom. The first-order valence-electron chi connectivity index (χ1n) is 10.1. The van der Waals surface area contributed by atoms with E-state index in [9.17, 15) is 8.78 Å². The summed E-state index contributed by atoms with van der Waals surface area (Å²) >= 11 is 4.41. The van der Waals surface area contributed by atoms with E-state index >= 15 is 0 Å². The summed E-state index contributed by atoms with van der Waals surface area (Å²) in [5, 5.41) is 10.8. The molecule has 2 aliphatic rings. The number of halogens is 4. The van der Waals surface area contributed by atoms with E-state index in [1.807, 2.05) is 15.4 Å². The lowest BCUT2D eigenvalue weighted by Gasteiger charge is -2.00. The lowest BCUT2D eigenvalue weighted by molar-refractivity contribution is 0.557. The van der Waals surface area contributed by atoms with Crippen molar-refractivity contribution in [3.63, 3.8) is 0 Å². The fourth-order valence-electron chi connectivity index (χ4n) is 3.54. The molecule has 2 aromatic carbocycles. The van der Waals surface area contributed by atoms with E-state index in [2.05, 4.69) is 55.4 Å². The molecule has 2 aromatic heterocycles. The Morgan fingerprint density at radius 3 is 2.07 bits per heavy atom. The molecule has 8 heteroatoms. The largest absolute Gasteiger partial charge is 0.264 e. The monoisotopic (exact) mass is 632 g/mol. The highest BCUT2D eigenvalue weighted by Crippen LogP contribution is 2.33. The number of nitrogens with zero attached hydrogens (tertiary/aromatic N) is 4. The first kappa shape index (κ1) is 20.6. The summed E-state index contributed by atoms with van der Waals surface area (Å²) in [7, 11) is 0. The van der Waals surface area contributed by atoms with Crippen LogP contribution in [0.3, 0.4) is 0 Å². The second-order valence-electron chi connectivity index (χ2n) is 8.16. The number of rotatable bonds is 4. The molecule has 0 bridgehead atoms. The average Bonchev–Trinajstić information content (AvgIpc) is 3.64. The van der Waals surface area contributed by atoms with Crippen LogP contribution >= 0.6 is 45.2 Å². The zero-order valence-corrected chi connectivity index (χ0v) is 20.5. The van der Waals surface area contributed by atoms with Crippen molar-refractivity contribution >= 4 is 67.0 Å². The summed E-state index contributed by atoms with van der Waals surface area (Å²) in [5.41, 5.74) is 1.94. The summed E-state index contributed by atoms with van der Waals surface area (Å²) in [6, 6.07) is 9.66. The van der Waals surface area contributed by atoms with Crippen LogP contribution in [0.1, 0.15) is 25.7 Å². The third kappa shape index (κ3) is 4.49. The summed E-state index contributed by atoms with van der Waals surface area (Å²) in [4.78, 5) is 0. The van der Waals surface area contributed by atoms with Crippen LogP contribution in [-0.2, 0) is 13.1 Å². The molecule has 0 unspecified atom stereocenters. The molecule has 156 valence electrons. The maximum atomic E-state index is 13.1. The van der Waals surface area contributed by atoms with Gasteiger partial charge in [0.15, 0.2) is 0 Å². The first-order valence-corrected chi connectivity index (χ1v) is 12.3. The minimum Gasteiger partial charge on any atom is -0.264 e. The maximum absolute atomic E-state index is 13.1. The Morgan fingerprint density at radius 1 is 0.800 bits per heavy atom. The lowest BCUT2D eigenvalue weighted by Crippen LogP contribution is -2.03. The number of hydrogen-bond donors (Lipinski definition) is 0. The molecule has 0 N–H and O–H groups in total. The number of fused-ring (bicyclic) bond motifs is 2. The minimum atomic E-state index is -0.189. The van der Waals surface area contributed by atoms with Gasteiger partial charge in [-0.05, 0) is 119 Å². The Balaban J connectivity index is 0.000000128.